The van der Waals surface area contributed by atoms with Gasteiger partial charge in [-0.05, 0) is 25.9 Å². The Bertz CT molecular complexity index is 242. The van der Waals surface area contributed by atoms with Gasteiger partial charge in [0.25, 0.3) is 0 Å². The molecule has 1 saturated heterocycles. The van der Waals surface area contributed by atoms with Crippen molar-refractivity contribution < 1.29 is 4.52 Å². The highest BCUT2D eigenvalue weighted by molar-refractivity contribution is 4.88. The van der Waals surface area contributed by atoms with Crippen LogP contribution in [0.25, 0.3) is 0 Å². The number of hydrogen-bond donors (Lipinski definition) is 1. The lowest BCUT2D eigenvalue weighted by atomic mass is 10.00. The summed E-state index contributed by atoms with van der Waals surface area (Å²) in [7, 11) is 0. The summed E-state index contributed by atoms with van der Waals surface area (Å²) in [4.78, 5) is 4.13. The molecule has 0 spiro atoms. The standard InChI is InChI=1S/C7H11N3O/c1-5-9-7(11-10-5)2-6-3-8-4-6/h6,8H,2-4H2,1H3. The molecular weight excluding hydrogens is 142 g/mol. The number of aryl methyl sites for hydroxylation is 1. The molecule has 0 amide bonds. The Hall–Kier alpha value is -0.900. The van der Waals surface area contributed by atoms with Crippen molar-refractivity contribution in [2.24, 2.45) is 5.92 Å². The lowest BCUT2D eigenvalue weighted by Gasteiger charge is -2.25. The lowest BCUT2D eigenvalue weighted by molar-refractivity contribution is 0.295. The second-order valence-electron chi connectivity index (χ2n) is 2.96. The van der Waals surface area contributed by atoms with E-state index in [0.717, 1.165) is 31.2 Å². The molecule has 0 atom stereocenters. The first-order chi connectivity index (χ1) is 5.34. The molecule has 0 aliphatic carbocycles. The van der Waals surface area contributed by atoms with Gasteiger partial charge in [-0.3, -0.25) is 0 Å². The molecule has 0 bridgehead atoms. The highest BCUT2D eigenvalue weighted by atomic mass is 16.5. The second kappa shape index (κ2) is 2.62. The van der Waals surface area contributed by atoms with Crippen LogP contribution in [0, 0.1) is 12.8 Å². The van der Waals surface area contributed by atoms with Crippen LogP contribution in [0.5, 0.6) is 0 Å². The molecule has 0 unspecified atom stereocenters. The lowest BCUT2D eigenvalue weighted by Crippen LogP contribution is -2.43. The summed E-state index contributed by atoms with van der Waals surface area (Å²) in [5.74, 6) is 2.20. The summed E-state index contributed by atoms with van der Waals surface area (Å²) in [5, 5.41) is 6.92. The zero-order valence-corrected chi connectivity index (χ0v) is 6.50. The fraction of sp³-hybridized carbons (Fsp3) is 0.714. The van der Waals surface area contributed by atoms with Crippen LogP contribution in [-0.4, -0.2) is 23.2 Å². The van der Waals surface area contributed by atoms with Crippen molar-refractivity contribution in [3.63, 3.8) is 0 Å². The van der Waals surface area contributed by atoms with E-state index in [4.69, 9.17) is 4.52 Å². The van der Waals surface area contributed by atoms with Crippen molar-refractivity contribution >= 4 is 0 Å². The molecule has 1 aliphatic rings. The first-order valence-electron chi connectivity index (χ1n) is 3.84. The van der Waals surface area contributed by atoms with E-state index in [1.54, 1.807) is 0 Å². The summed E-state index contributed by atoms with van der Waals surface area (Å²) < 4.78 is 4.98. The maximum atomic E-state index is 4.98. The van der Waals surface area contributed by atoms with Gasteiger partial charge in [-0.25, -0.2) is 0 Å². The zero-order chi connectivity index (χ0) is 7.68. The molecule has 1 fully saturated rings. The van der Waals surface area contributed by atoms with Crippen molar-refractivity contribution in [2.75, 3.05) is 13.1 Å². The Kier molecular flexibility index (Phi) is 1.62. The average molecular weight is 153 g/mol. The molecule has 1 N–H and O–H groups in total. The summed E-state index contributed by atoms with van der Waals surface area (Å²) in [6, 6.07) is 0. The maximum Gasteiger partial charge on any atom is 0.227 e. The van der Waals surface area contributed by atoms with Crippen LogP contribution in [-0.2, 0) is 6.42 Å². The third kappa shape index (κ3) is 1.40. The van der Waals surface area contributed by atoms with Crippen molar-refractivity contribution in [3.05, 3.63) is 11.7 Å². The van der Waals surface area contributed by atoms with Crippen LogP contribution in [0.2, 0.25) is 0 Å². The molecule has 1 aliphatic heterocycles. The van der Waals surface area contributed by atoms with Gasteiger partial charge in [0.2, 0.25) is 5.89 Å². The third-order valence-electron chi connectivity index (χ3n) is 1.90. The van der Waals surface area contributed by atoms with Crippen molar-refractivity contribution in [2.45, 2.75) is 13.3 Å². The van der Waals surface area contributed by atoms with Gasteiger partial charge in [0, 0.05) is 6.42 Å². The molecule has 2 rings (SSSR count). The average Bonchev–Trinajstić information content (AvgIpc) is 2.27. The predicted molar refractivity (Wildman–Crippen MR) is 39.1 cm³/mol. The van der Waals surface area contributed by atoms with Crippen LogP contribution >= 0.6 is 0 Å². The van der Waals surface area contributed by atoms with Crippen molar-refractivity contribution in [3.8, 4) is 0 Å². The minimum absolute atomic E-state index is 0.704. The number of rotatable bonds is 2. The third-order valence-corrected chi connectivity index (χ3v) is 1.90. The fourth-order valence-electron chi connectivity index (χ4n) is 1.16. The van der Waals surface area contributed by atoms with Gasteiger partial charge >= 0.3 is 0 Å². The quantitative estimate of drug-likeness (QED) is 0.656. The van der Waals surface area contributed by atoms with Crippen LogP contribution in [0.4, 0.5) is 0 Å². The largest absolute Gasteiger partial charge is 0.339 e. The Morgan fingerprint density at radius 2 is 2.45 bits per heavy atom. The predicted octanol–water partition coefficient (Wildman–Crippen LogP) is 0.140. The smallest absolute Gasteiger partial charge is 0.227 e. The van der Waals surface area contributed by atoms with Gasteiger partial charge < -0.3 is 9.84 Å². The number of nitrogens with zero attached hydrogens (tertiary/aromatic N) is 2. The molecule has 1 aromatic heterocycles. The fourth-order valence-corrected chi connectivity index (χ4v) is 1.16. The normalized spacial score (nSPS) is 18.3. The molecule has 1 aromatic rings. The van der Waals surface area contributed by atoms with Gasteiger partial charge in [0.15, 0.2) is 5.82 Å². The highest BCUT2D eigenvalue weighted by Gasteiger charge is 2.19. The molecule has 60 valence electrons. The summed E-state index contributed by atoms with van der Waals surface area (Å²) in [6.07, 6.45) is 0.924. The van der Waals surface area contributed by atoms with E-state index in [1.807, 2.05) is 6.92 Å². The Morgan fingerprint density at radius 1 is 1.64 bits per heavy atom. The van der Waals surface area contributed by atoms with Gasteiger partial charge in [-0.2, -0.15) is 4.98 Å². The summed E-state index contributed by atoms with van der Waals surface area (Å²) in [6.45, 7) is 4.01. The van der Waals surface area contributed by atoms with E-state index in [9.17, 15) is 0 Å². The molecule has 4 nitrogen and oxygen atoms in total. The van der Waals surface area contributed by atoms with Crippen molar-refractivity contribution in [1.29, 1.82) is 0 Å². The summed E-state index contributed by atoms with van der Waals surface area (Å²) >= 11 is 0. The first-order valence-corrected chi connectivity index (χ1v) is 3.84. The zero-order valence-electron chi connectivity index (χ0n) is 6.50. The molecule has 2 heterocycles. The molecule has 4 heteroatoms. The van der Waals surface area contributed by atoms with E-state index in [-0.39, 0.29) is 0 Å². The Labute approximate surface area is 65.0 Å². The van der Waals surface area contributed by atoms with Crippen molar-refractivity contribution in [1.82, 2.24) is 15.5 Å². The Morgan fingerprint density at radius 3 is 2.91 bits per heavy atom. The van der Waals surface area contributed by atoms with Crippen LogP contribution < -0.4 is 5.32 Å². The molecular formula is C7H11N3O. The second-order valence-corrected chi connectivity index (χ2v) is 2.96. The van der Waals surface area contributed by atoms with E-state index in [2.05, 4.69) is 15.5 Å². The van der Waals surface area contributed by atoms with Gasteiger partial charge in [0.1, 0.15) is 0 Å². The monoisotopic (exact) mass is 153 g/mol. The minimum Gasteiger partial charge on any atom is -0.339 e. The van der Waals surface area contributed by atoms with E-state index < -0.39 is 0 Å². The first kappa shape index (κ1) is 6.79. The van der Waals surface area contributed by atoms with E-state index >= 15 is 0 Å². The minimum atomic E-state index is 0.704. The highest BCUT2D eigenvalue weighted by Crippen LogP contribution is 2.10. The molecule has 0 radical (unpaired) electrons. The SMILES string of the molecule is Cc1noc(CC2CNC2)n1. The van der Waals surface area contributed by atoms with Gasteiger partial charge in [-0.15, -0.1) is 0 Å². The van der Waals surface area contributed by atoms with Crippen LogP contribution in [0.1, 0.15) is 11.7 Å². The van der Waals surface area contributed by atoms with Gasteiger partial charge in [-0.1, -0.05) is 5.16 Å². The van der Waals surface area contributed by atoms with E-state index in [0.29, 0.717) is 5.92 Å². The molecule has 0 saturated carbocycles. The molecule has 0 aromatic carbocycles. The van der Waals surface area contributed by atoms with Gasteiger partial charge in [0.05, 0.1) is 0 Å². The van der Waals surface area contributed by atoms with E-state index in [1.165, 1.54) is 0 Å². The number of aromatic nitrogens is 2. The van der Waals surface area contributed by atoms with Crippen LogP contribution in [0.3, 0.4) is 0 Å². The Balaban J connectivity index is 1.95. The number of nitrogens with one attached hydrogen (secondary N) is 1. The molecule has 11 heavy (non-hydrogen) atoms. The van der Waals surface area contributed by atoms with Crippen LogP contribution in [0.15, 0.2) is 4.52 Å². The maximum absolute atomic E-state index is 4.98. The summed E-state index contributed by atoms with van der Waals surface area (Å²) in [5.41, 5.74) is 0. The topological polar surface area (TPSA) is 51.0 Å². The number of hydrogen-bond acceptors (Lipinski definition) is 4.